The fraction of sp³-hybridized carbons (Fsp3) is 0.174. The van der Waals surface area contributed by atoms with E-state index in [1.54, 1.807) is 18.2 Å². The van der Waals surface area contributed by atoms with E-state index >= 15 is 0 Å². The van der Waals surface area contributed by atoms with Crippen LogP contribution < -0.4 is 10.4 Å². The molecule has 1 aliphatic rings. The maximum atomic E-state index is 13.2. The maximum absolute atomic E-state index is 13.2. The molecule has 0 saturated heterocycles. The summed E-state index contributed by atoms with van der Waals surface area (Å²) in [7, 11) is 0. The van der Waals surface area contributed by atoms with Crippen LogP contribution in [0.25, 0.3) is 21.7 Å². The molecular weight excluding hydrogens is 357 g/mol. The van der Waals surface area contributed by atoms with E-state index in [2.05, 4.69) is 4.90 Å². The summed E-state index contributed by atoms with van der Waals surface area (Å²) in [6.45, 7) is 3.63. The Hall–Kier alpha value is -3.18. The van der Waals surface area contributed by atoms with Crippen molar-refractivity contribution >= 4 is 21.7 Å². The molecule has 0 unspecified atom stereocenters. The molecule has 2 heterocycles. The molecule has 0 fully saturated rings. The van der Waals surface area contributed by atoms with E-state index in [-0.39, 0.29) is 11.4 Å². The van der Waals surface area contributed by atoms with E-state index < -0.39 is 0 Å². The van der Waals surface area contributed by atoms with Crippen LogP contribution in [-0.4, -0.2) is 11.6 Å². The average molecular weight is 375 g/mol. The smallest absolute Gasteiger partial charge is 0.344 e. The Labute approximate surface area is 160 Å². The van der Waals surface area contributed by atoms with Gasteiger partial charge >= 0.3 is 5.63 Å². The summed E-state index contributed by atoms with van der Waals surface area (Å²) in [5.74, 6) is 0.498. The van der Waals surface area contributed by atoms with Gasteiger partial charge in [-0.1, -0.05) is 30.3 Å². The van der Waals surface area contributed by atoms with Crippen molar-refractivity contribution in [1.29, 1.82) is 0 Å². The van der Waals surface area contributed by atoms with Crippen molar-refractivity contribution in [3.05, 3.63) is 87.5 Å². The molecule has 140 valence electrons. The van der Waals surface area contributed by atoms with E-state index in [1.807, 2.05) is 31.2 Å². The first-order chi connectivity index (χ1) is 13.6. The second-order valence-electron chi connectivity index (χ2n) is 7.20. The Morgan fingerprint density at radius 2 is 1.82 bits per heavy atom. The van der Waals surface area contributed by atoms with Crippen molar-refractivity contribution in [2.75, 3.05) is 6.73 Å². The quantitative estimate of drug-likeness (QED) is 0.375. The van der Waals surface area contributed by atoms with Gasteiger partial charge in [0.15, 0.2) is 0 Å². The average Bonchev–Trinajstić information content (AvgIpc) is 2.70. The number of hydrogen-bond acceptors (Lipinski definition) is 4. The van der Waals surface area contributed by atoms with Gasteiger partial charge in [0.05, 0.1) is 10.9 Å². The monoisotopic (exact) mass is 375 g/mol. The number of nitrogens with zero attached hydrogens (tertiary/aromatic N) is 1. The van der Waals surface area contributed by atoms with Crippen molar-refractivity contribution in [2.24, 2.45) is 0 Å². The summed E-state index contributed by atoms with van der Waals surface area (Å²) >= 11 is 0. The zero-order chi connectivity index (χ0) is 19.3. The number of rotatable bonds is 2. The lowest BCUT2D eigenvalue weighted by molar-refractivity contribution is 0.0889. The molecule has 0 N–H and O–H groups in total. The van der Waals surface area contributed by atoms with Crippen molar-refractivity contribution in [3.63, 3.8) is 0 Å². The molecular formula is C23H18FNO3. The van der Waals surface area contributed by atoms with Crippen LogP contribution in [0.15, 0.2) is 63.8 Å². The summed E-state index contributed by atoms with van der Waals surface area (Å²) in [6, 6.07) is 16.0. The summed E-state index contributed by atoms with van der Waals surface area (Å²) in [4.78, 5) is 14.6. The lowest BCUT2D eigenvalue weighted by Gasteiger charge is -2.30. The minimum Gasteiger partial charge on any atom is -0.478 e. The van der Waals surface area contributed by atoms with Gasteiger partial charge < -0.3 is 9.15 Å². The molecule has 3 aromatic carbocycles. The first-order valence-electron chi connectivity index (χ1n) is 9.18. The third-order valence-electron chi connectivity index (χ3n) is 5.26. The van der Waals surface area contributed by atoms with Crippen LogP contribution in [0.5, 0.6) is 5.75 Å². The van der Waals surface area contributed by atoms with E-state index in [9.17, 15) is 9.18 Å². The van der Waals surface area contributed by atoms with Crippen LogP contribution in [0.1, 0.15) is 16.7 Å². The number of aryl methyl sites for hydroxylation is 1. The molecule has 4 aromatic rings. The summed E-state index contributed by atoms with van der Waals surface area (Å²) in [5.41, 5.74) is 3.13. The highest BCUT2D eigenvalue weighted by Crippen LogP contribution is 2.37. The summed E-state index contributed by atoms with van der Waals surface area (Å²) < 4.78 is 24.9. The Kier molecular flexibility index (Phi) is 3.91. The molecule has 0 spiro atoms. The molecule has 0 aliphatic carbocycles. The maximum Gasteiger partial charge on any atom is 0.344 e. The van der Waals surface area contributed by atoms with Gasteiger partial charge in [0.2, 0.25) is 0 Å². The Balaban J connectivity index is 1.62. The van der Waals surface area contributed by atoms with Crippen molar-refractivity contribution < 1.29 is 13.5 Å². The lowest BCUT2D eigenvalue weighted by atomic mass is 9.99. The normalized spacial score (nSPS) is 14.2. The standard InChI is InChI=1S/C23H18FNO3/c1-14-10-20-19(12-25(13-27-20)11-15-6-8-16(24)9-7-15)22-21(14)17-4-2-3-5-18(17)23(26)28-22/h2-10H,11-13H2,1H3. The van der Waals surface area contributed by atoms with E-state index in [0.29, 0.717) is 30.8 Å². The second-order valence-corrected chi connectivity index (χ2v) is 7.20. The van der Waals surface area contributed by atoms with Gasteiger partial charge in [-0.05, 0) is 42.3 Å². The van der Waals surface area contributed by atoms with Crippen LogP contribution in [0.2, 0.25) is 0 Å². The predicted octanol–water partition coefficient (Wildman–Crippen LogP) is 4.75. The third-order valence-corrected chi connectivity index (χ3v) is 5.26. The zero-order valence-electron chi connectivity index (χ0n) is 15.4. The van der Waals surface area contributed by atoms with Crippen molar-refractivity contribution in [3.8, 4) is 5.75 Å². The largest absolute Gasteiger partial charge is 0.478 e. The highest BCUT2D eigenvalue weighted by atomic mass is 19.1. The van der Waals surface area contributed by atoms with E-state index in [1.165, 1.54) is 12.1 Å². The van der Waals surface area contributed by atoms with Gasteiger partial charge in [-0.2, -0.15) is 0 Å². The molecule has 4 nitrogen and oxygen atoms in total. The van der Waals surface area contributed by atoms with Crippen LogP contribution in [0, 0.1) is 12.7 Å². The Morgan fingerprint density at radius 3 is 2.61 bits per heavy atom. The molecule has 5 heteroatoms. The topological polar surface area (TPSA) is 42.7 Å². The van der Waals surface area contributed by atoms with Crippen molar-refractivity contribution in [1.82, 2.24) is 4.90 Å². The molecule has 1 aromatic heterocycles. The van der Waals surface area contributed by atoms with Gasteiger partial charge in [-0.25, -0.2) is 9.18 Å². The first kappa shape index (κ1) is 17.0. The molecule has 1 aliphatic heterocycles. The highest BCUT2D eigenvalue weighted by molar-refractivity contribution is 6.07. The molecule has 0 atom stereocenters. The summed E-state index contributed by atoms with van der Waals surface area (Å²) in [6.07, 6.45) is 0. The van der Waals surface area contributed by atoms with E-state index in [0.717, 1.165) is 33.2 Å². The number of fused-ring (bicyclic) bond motifs is 5. The van der Waals surface area contributed by atoms with Crippen LogP contribution in [0.3, 0.4) is 0 Å². The highest BCUT2D eigenvalue weighted by Gasteiger charge is 2.24. The van der Waals surface area contributed by atoms with Crippen molar-refractivity contribution in [2.45, 2.75) is 20.0 Å². The number of hydrogen-bond donors (Lipinski definition) is 0. The fourth-order valence-electron chi connectivity index (χ4n) is 3.93. The molecule has 5 rings (SSSR count). The van der Waals surface area contributed by atoms with Gasteiger partial charge in [0, 0.05) is 23.9 Å². The third kappa shape index (κ3) is 2.75. The van der Waals surface area contributed by atoms with Crippen LogP contribution >= 0.6 is 0 Å². The predicted molar refractivity (Wildman–Crippen MR) is 106 cm³/mol. The summed E-state index contributed by atoms with van der Waals surface area (Å²) in [5, 5.41) is 2.42. The number of ether oxygens (including phenoxy) is 1. The number of halogens is 1. The fourth-order valence-corrected chi connectivity index (χ4v) is 3.93. The lowest BCUT2D eigenvalue weighted by Crippen LogP contribution is -2.31. The minimum absolute atomic E-state index is 0.251. The van der Waals surface area contributed by atoms with Gasteiger partial charge in [-0.15, -0.1) is 0 Å². The molecule has 0 saturated carbocycles. The second kappa shape index (κ2) is 6.46. The van der Waals surface area contributed by atoms with Gasteiger partial charge in [0.25, 0.3) is 0 Å². The Bertz CT molecular complexity index is 1260. The molecule has 0 bridgehead atoms. The van der Waals surface area contributed by atoms with Gasteiger partial charge in [-0.3, -0.25) is 4.90 Å². The van der Waals surface area contributed by atoms with Crippen LogP contribution in [-0.2, 0) is 13.1 Å². The van der Waals surface area contributed by atoms with Gasteiger partial charge in [0.1, 0.15) is 23.9 Å². The zero-order valence-corrected chi connectivity index (χ0v) is 15.4. The first-order valence-corrected chi connectivity index (χ1v) is 9.18. The number of benzene rings is 3. The van der Waals surface area contributed by atoms with Crippen LogP contribution in [0.4, 0.5) is 4.39 Å². The molecule has 0 amide bonds. The molecule has 0 radical (unpaired) electrons. The Morgan fingerprint density at radius 1 is 1.07 bits per heavy atom. The minimum atomic E-state index is -0.341. The van der Waals surface area contributed by atoms with E-state index in [4.69, 9.17) is 9.15 Å². The molecule has 28 heavy (non-hydrogen) atoms. The SMILES string of the molecule is Cc1cc2c(c3oc(=O)c4ccccc4c13)CN(Cc1ccc(F)cc1)CO2.